The number of nitrogens with one attached hydrogen (secondary N) is 2. The summed E-state index contributed by atoms with van der Waals surface area (Å²) in [5, 5.41) is 10.8. The average molecular weight is 366 g/mol. The molecule has 1 amide bonds. The van der Waals surface area contributed by atoms with Gasteiger partial charge in [-0.25, -0.2) is 0 Å². The summed E-state index contributed by atoms with van der Waals surface area (Å²) in [6.07, 6.45) is 1.62. The molecule has 0 bridgehead atoms. The number of anilines is 2. The number of carbonyl (C=O) groups is 1. The van der Waals surface area contributed by atoms with Gasteiger partial charge in [0.1, 0.15) is 0 Å². The predicted molar refractivity (Wildman–Crippen MR) is 87.6 cm³/mol. The van der Waals surface area contributed by atoms with Crippen molar-refractivity contribution in [2.75, 3.05) is 11.1 Å². The molecule has 3 aromatic rings. The summed E-state index contributed by atoms with van der Waals surface area (Å²) in [6.45, 7) is 0. The van der Waals surface area contributed by atoms with Crippen LogP contribution >= 0.6 is 27.5 Å². The molecule has 1 heterocycles. The maximum absolute atomic E-state index is 12.4. The number of aromatic nitrogens is 2. The van der Waals surface area contributed by atoms with Gasteiger partial charge in [-0.15, -0.1) is 0 Å². The zero-order valence-corrected chi connectivity index (χ0v) is 13.0. The maximum Gasteiger partial charge on any atom is 0.257 e. The Hall–Kier alpha value is -2.05. The fraction of sp³-hybridized carbons (Fsp3) is 0. The first-order valence-corrected chi connectivity index (χ1v) is 7.20. The lowest BCUT2D eigenvalue weighted by Crippen LogP contribution is -2.13. The molecule has 0 aliphatic rings. The van der Waals surface area contributed by atoms with E-state index in [1.54, 1.807) is 36.5 Å². The number of halogens is 2. The van der Waals surface area contributed by atoms with Crippen molar-refractivity contribution in [3.63, 3.8) is 0 Å². The summed E-state index contributed by atoms with van der Waals surface area (Å²) >= 11 is 9.31. The Morgan fingerprint density at radius 1 is 1.33 bits per heavy atom. The highest BCUT2D eigenvalue weighted by atomic mass is 79.9. The van der Waals surface area contributed by atoms with Gasteiger partial charge in [0.15, 0.2) is 0 Å². The predicted octanol–water partition coefficient (Wildman–Crippen LogP) is 3.81. The molecule has 5 nitrogen and oxygen atoms in total. The van der Waals surface area contributed by atoms with Gasteiger partial charge >= 0.3 is 0 Å². The normalized spacial score (nSPS) is 10.8. The molecule has 0 saturated heterocycles. The van der Waals surface area contributed by atoms with E-state index in [0.29, 0.717) is 27.5 Å². The number of aromatic amines is 1. The average Bonchev–Trinajstić information content (AvgIpc) is 2.90. The van der Waals surface area contributed by atoms with Gasteiger partial charge < -0.3 is 11.1 Å². The quantitative estimate of drug-likeness (QED) is 0.604. The second-order valence-corrected chi connectivity index (χ2v) is 5.75. The monoisotopic (exact) mass is 364 g/mol. The molecule has 0 aliphatic heterocycles. The molecule has 0 aliphatic carbocycles. The SMILES string of the molecule is Nc1cc(C(=O)Nc2ccc(Br)c(Cl)c2)c2[nH]ncc2c1. The zero-order valence-electron chi connectivity index (χ0n) is 10.7. The van der Waals surface area contributed by atoms with E-state index in [1.807, 2.05) is 0 Å². The third-order valence-corrected chi connectivity index (χ3v) is 4.23. The largest absolute Gasteiger partial charge is 0.399 e. The second-order valence-electron chi connectivity index (χ2n) is 4.49. The standard InChI is InChI=1S/C14H10BrClN4O/c15-11-2-1-9(5-12(11)16)19-14(21)10-4-8(17)3-7-6-18-20-13(7)10/h1-6H,17H2,(H,18,20)(H,19,21). The van der Waals surface area contributed by atoms with E-state index in [2.05, 4.69) is 31.4 Å². The summed E-state index contributed by atoms with van der Waals surface area (Å²) in [6, 6.07) is 8.55. The minimum Gasteiger partial charge on any atom is -0.399 e. The number of nitrogens with zero attached hydrogens (tertiary/aromatic N) is 1. The molecule has 0 spiro atoms. The van der Waals surface area contributed by atoms with Crippen molar-refractivity contribution in [2.45, 2.75) is 0 Å². The van der Waals surface area contributed by atoms with Crippen LogP contribution in [0.1, 0.15) is 10.4 Å². The first-order chi connectivity index (χ1) is 10.0. The number of rotatable bonds is 2. The van der Waals surface area contributed by atoms with Crippen molar-refractivity contribution < 1.29 is 4.79 Å². The number of amides is 1. The van der Waals surface area contributed by atoms with Gasteiger partial charge in [-0.2, -0.15) is 5.10 Å². The lowest BCUT2D eigenvalue weighted by Gasteiger charge is -2.08. The Morgan fingerprint density at radius 2 is 2.14 bits per heavy atom. The third kappa shape index (κ3) is 2.72. The lowest BCUT2D eigenvalue weighted by molar-refractivity contribution is 0.102. The van der Waals surface area contributed by atoms with Crippen LogP contribution in [0.2, 0.25) is 5.02 Å². The number of nitrogen functional groups attached to an aromatic ring is 1. The van der Waals surface area contributed by atoms with Crippen LogP contribution < -0.4 is 11.1 Å². The molecule has 2 aromatic carbocycles. The van der Waals surface area contributed by atoms with Crippen molar-refractivity contribution in [1.29, 1.82) is 0 Å². The zero-order chi connectivity index (χ0) is 15.0. The third-order valence-electron chi connectivity index (χ3n) is 2.99. The van der Waals surface area contributed by atoms with E-state index in [4.69, 9.17) is 17.3 Å². The number of carbonyl (C=O) groups excluding carboxylic acids is 1. The van der Waals surface area contributed by atoms with E-state index in [-0.39, 0.29) is 5.91 Å². The van der Waals surface area contributed by atoms with E-state index in [1.165, 1.54) is 0 Å². The van der Waals surface area contributed by atoms with Crippen LogP contribution in [-0.2, 0) is 0 Å². The van der Waals surface area contributed by atoms with Crippen LogP contribution in [0.5, 0.6) is 0 Å². The first-order valence-electron chi connectivity index (χ1n) is 6.03. The molecule has 0 fully saturated rings. The number of H-pyrrole nitrogens is 1. The number of hydrogen-bond donors (Lipinski definition) is 3. The molecule has 3 rings (SSSR count). The molecule has 1 aromatic heterocycles. The van der Waals surface area contributed by atoms with Crippen molar-refractivity contribution in [3.8, 4) is 0 Å². The molecule has 21 heavy (non-hydrogen) atoms. The molecule has 0 unspecified atom stereocenters. The van der Waals surface area contributed by atoms with E-state index in [0.717, 1.165) is 9.86 Å². The highest BCUT2D eigenvalue weighted by molar-refractivity contribution is 9.10. The van der Waals surface area contributed by atoms with Gasteiger partial charge in [-0.05, 0) is 46.3 Å². The molecule has 4 N–H and O–H groups in total. The molecule has 0 saturated carbocycles. The van der Waals surface area contributed by atoms with E-state index >= 15 is 0 Å². The Labute approximate surface area is 133 Å². The molecule has 106 valence electrons. The molecular formula is C14H10BrClN4O. The number of benzene rings is 2. The van der Waals surface area contributed by atoms with Crippen molar-refractivity contribution in [1.82, 2.24) is 10.2 Å². The van der Waals surface area contributed by atoms with Crippen LogP contribution in [0, 0.1) is 0 Å². The van der Waals surface area contributed by atoms with Gasteiger partial charge in [0.2, 0.25) is 0 Å². The summed E-state index contributed by atoms with van der Waals surface area (Å²) in [5.74, 6) is -0.282. The Morgan fingerprint density at radius 3 is 2.90 bits per heavy atom. The highest BCUT2D eigenvalue weighted by Gasteiger charge is 2.13. The maximum atomic E-state index is 12.4. The van der Waals surface area contributed by atoms with Crippen LogP contribution in [-0.4, -0.2) is 16.1 Å². The van der Waals surface area contributed by atoms with Gasteiger partial charge in [-0.3, -0.25) is 9.89 Å². The lowest BCUT2D eigenvalue weighted by atomic mass is 10.1. The minimum absolute atomic E-state index is 0.282. The van der Waals surface area contributed by atoms with Gasteiger partial charge in [0.25, 0.3) is 5.91 Å². The minimum atomic E-state index is -0.282. The van der Waals surface area contributed by atoms with Gasteiger partial charge in [-0.1, -0.05) is 11.6 Å². The van der Waals surface area contributed by atoms with Gasteiger partial charge in [0.05, 0.1) is 22.3 Å². The Bertz CT molecular complexity index is 846. The number of fused-ring (bicyclic) bond motifs is 1. The molecule has 0 radical (unpaired) electrons. The van der Waals surface area contributed by atoms with Gasteiger partial charge in [0, 0.05) is 21.2 Å². The molecule has 0 atom stereocenters. The van der Waals surface area contributed by atoms with Crippen LogP contribution in [0.3, 0.4) is 0 Å². The highest BCUT2D eigenvalue weighted by Crippen LogP contribution is 2.26. The van der Waals surface area contributed by atoms with Crippen molar-refractivity contribution in [2.24, 2.45) is 0 Å². The van der Waals surface area contributed by atoms with Crippen molar-refractivity contribution >= 4 is 55.7 Å². The molecular weight excluding hydrogens is 356 g/mol. The van der Waals surface area contributed by atoms with Crippen molar-refractivity contribution in [3.05, 3.63) is 51.6 Å². The smallest absolute Gasteiger partial charge is 0.257 e. The Balaban J connectivity index is 1.97. The van der Waals surface area contributed by atoms with E-state index < -0.39 is 0 Å². The fourth-order valence-corrected chi connectivity index (χ4v) is 2.46. The fourth-order valence-electron chi connectivity index (χ4n) is 2.03. The second kappa shape index (κ2) is 5.38. The summed E-state index contributed by atoms with van der Waals surface area (Å²) < 4.78 is 0.766. The topological polar surface area (TPSA) is 83.8 Å². The number of hydrogen-bond acceptors (Lipinski definition) is 3. The summed E-state index contributed by atoms with van der Waals surface area (Å²) in [7, 11) is 0. The summed E-state index contributed by atoms with van der Waals surface area (Å²) in [4.78, 5) is 12.4. The Kier molecular flexibility index (Phi) is 3.57. The van der Waals surface area contributed by atoms with Crippen LogP contribution in [0.15, 0.2) is 41.0 Å². The van der Waals surface area contributed by atoms with E-state index in [9.17, 15) is 4.79 Å². The van der Waals surface area contributed by atoms with Crippen LogP contribution in [0.25, 0.3) is 10.9 Å². The molecule has 7 heteroatoms. The van der Waals surface area contributed by atoms with Crippen LogP contribution in [0.4, 0.5) is 11.4 Å². The number of nitrogens with two attached hydrogens (primary N) is 1. The summed E-state index contributed by atoms with van der Waals surface area (Å²) in [5.41, 5.74) is 7.99. The first kappa shape index (κ1) is 13.9.